The molecule has 2 N–H and O–H groups in total. The average Bonchev–Trinajstić information content (AvgIpc) is 3.17. The van der Waals surface area contributed by atoms with Crippen LogP contribution in [0.1, 0.15) is 53.4 Å². The Bertz CT molecular complexity index is 382. The smallest absolute Gasteiger partial charge is 0.191 e. The molecule has 0 saturated carbocycles. The van der Waals surface area contributed by atoms with E-state index < -0.39 is 0 Å². The Hall–Kier alpha value is -0.0800. The van der Waals surface area contributed by atoms with E-state index in [9.17, 15) is 0 Å². The number of halogens is 1. The maximum absolute atomic E-state index is 4.80. The fourth-order valence-electron chi connectivity index (χ4n) is 3.75. The van der Waals surface area contributed by atoms with Crippen LogP contribution in [-0.4, -0.2) is 73.7 Å². The van der Waals surface area contributed by atoms with E-state index in [1.807, 2.05) is 0 Å². The first-order valence-corrected chi connectivity index (χ1v) is 10.1. The van der Waals surface area contributed by atoms with Crippen molar-refractivity contribution in [3.8, 4) is 0 Å². The summed E-state index contributed by atoms with van der Waals surface area (Å²) in [5, 5.41) is 7.09. The molecule has 148 valence electrons. The Kier molecular flexibility index (Phi) is 11.3. The van der Waals surface area contributed by atoms with Crippen molar-refractivity contribution in [3.63, 3.8) is 0 Å². The van der Waals surface area contributed by atoms with E-state index in [1.165, 1.54) is 51.9 Å². The summed E-state index contributed by atoms with van der Waals surface area (Å²) in [7, 11) is 0. The molecular weight excluding hydrogens is 425 g/mol. The van der Waals surface area contributed by atoms with Crippen LogP contribution in [0.2, 0.25) is 0 Å². The Morgan fingerprint density at radius 2 is 1.88 bits per heavy atom. The van der Waals surface area contributed by atoms with E-state index in [2.05, 4.69) is 48.1 Å². The lowest BCUT2D eigenvalue weighted by Gasteiger charge is -2.22. The topological polar surface area (TPSA) is 42.9 Å². The van der Waals surface area contributed by atoms with Gasteiger partial charge in [-0.2, -0.15) is 0 Å². The molecule has 2 rings (SSSR count). The Balaban J connectivity index is 0.00000312. The van der Waals surface area contributed by atoms with Crippen molar-refractivity contribution in [3.05, 3.63) is 0 Å². The zero-order valence-corrected chi connectivity index (χ0v) is 19.1. The molecule has 0 spiro atoms. The van der Waals surface area contributed by atoms with Crippen LogP contribution in [0.3, 0.4) is 0 Å². The number of hydrogen-bond acceptors (Lipinski definition) is 3. The highest BCUT2D eigenvalue weighted by molar-refractivity contribution is 14.0. The SMILES string of the molecule is CCNC(=NCCCCN1CCCC1)NC1CN(C(C)C)CC1C.I. The number of nitrogens with zero attached hydrogens (tertiary/aromatic N) is 3. The van der Waals surface area contributed by atoms with Gasteiger partial charge < -0.3 is 15.5 Å². The molecular formula is C19H40IN5. The third kappa shape index (κ3) is 7.99. The lowest BCUT2D eigenvalue weighted by atomic mass is 10.1. The molecule has 2 heterocycles. The molecule has 2 unspecified atom stereocenters. The summed E-state index contributed by atoms with van der Waals surface area (Å²) in [6, 6.07) is 1.14. The van der Waals surface area contributed by atoms with Gasteiger partial charge in [-0.3, -0.25) is 9.89 Å². The summed E-state index contributed by atoms with van der Waals surface area (Å²) in [6.07, 6.45) is 5.23. The third-order valence-electron chi connectivity index (χ3n) is 5.39. The van der Waals surface area contributed by atoms with Crippen LogP contribution in [0, 0.1) is 5.92 Å². The molecule has 5 nitrogen and oxygen atoms in total. The van der Waals surface area contributed by atoms with E-state index in [0.717, 1.165) is 25.6 Å². The van der Waals surface area contributed by atoms with Gasteiger partial charge in [0.25, 0.3) is 0 Å². The predicted octanol–water partition coefficient (Wildman–Crippen LogP) is 2.76. The Morgan fingerprint density at radius 3 is 2.48 bits per heavy atom. The van der Waals surface area contributed by atoms with Gasteiger partial charge in [0.2, 0.25) is 0 Å². The number of guanidine groups is 1. The van der Waals surface area contributed by atoms with Crippen LogP contribution in [-0.2, 0) is 0 Å². The van der Waals surface area contributed by atoms with Crippen LogP contribution in [0.25, 0.3) is 0 Å². The number of likely N-dealkylation sites (tertiary alicyclic amines) is 2. The fraction of sp³-hybridized carbons (Fsp3) is 0.947. The maximum atomic E-state index is 4.80. The molecule has 0 aromatic heterocycles. The van der Waals surface area contributed by atoms with Gasteiger partial charge in [-0.25, -0.2) is 0 Å². The second-order valence-electron chi connectivity index (χ2n) is 7.79. The third-order valence-corrected chi connectivity index (χ3v) is 5.39. The number of nitrogens with one attached hydrogen (secondary N) is 2. The highest BCUT2D eigenvalue weighted by Gasteiger charge is 2.31. The molecule has 6 heteroatoms. The number of unbranched alkanes of at least 4 members (excludes halogenated alkanes) is 1. The quantitative estimate of drug-likeness (QED) is 0.251. The molecule has 2 fully saturated rings. The molecule has 25 heavy (non-hydrogen) atoms. The maximum Gasteiger partial charge on any atom is 0.191 e. The van der Waals surface area contributed by atoms with Crippen molar-refractivity contribution in [2.24, 2.45) is 10.9 Å². The van der Waals surface area contributed by atoms with Gasteiger partial charge in [0.15, 0.2) is 5.96 Å². The second-order valence-corrected chi connectivity index (χ2v) is 7.79. The van der Waals surface area contributed by atoms with Crippen LogP contribution < -0.4 is 10.6 Å². The van der Waals surface area contributed by atoms with Gasteiger partial charge in [0.05, 0.1) is 0 Å². The van der Waals surface area contributed by atoms with Crippen LogP contribution in [0.4, 0.5) is 0 Å². The monoisotopic (exact) mass is 465 g/mol. The zero-order chi connectivity index (χ0) is 17.4. The van der Waals surface area contributed by atoms with Gasteiger partial charge in [-0.1, -0.05) is 6.92 Å². The summed E-state index contributed by atoms with van der Waals surface area (Å²) in [5.74, 6) is 1.67. The van der Waals surface area contributed by atoms with Crippen molar-refractivity contribution < 1.29 is 0 Å². The molecule has 0 radical (unpaired) electrons. The first-order chi connectivity index (χ1) is 11.6. The molecule has 2 saturated heterocycles. The Morgan fingerprint density at radius 1 is 1.16 bits per heavy atom. The van der Waals surface area contributed by atoms with E-state index in [0.29, 0.717) is 18.0 Å². The molecule has 0 aromatic carbocycles. The second kappa shape index (κ2) is 12.3. The standard InChI is InChI=1S/C19H39N5.HI/c1-5-20-19(21-10-6-7-11-23-12-8-9-13-23)22-18-15-24(16(2)3)14-17(18)4;/h16-18H,5-15H2,1-4H3,(H2,20,21,22);1H. The summed E-state index contributed by atoms with van der Waals surface area (Å²) in [4.78, 5) is 9.95. The average molecular weight is 465 g/mol. The van der Waals surface area contributed by atoms with Gasteiger partial charge >= 0.3 is 0 Å². The van der Waals surface area contributed by atoms with Crippen molar-refractivity contribution in [1.82, 2.24) is 20.4 Å². The molecule has 0 aromatic rings. The lowest BCUT2D eigenvalue weighted by molar-refractivity contribution is 0.265. The van der Waals surface area contributed by atoms with E-state index >= 15 is 0 Å². The molecule has 2 atom stereocenters. The highest BCUT2D eigenvalue weighted by atomic mass is 127. The minimum atomic E-state index is 0. The zero-order valence-electron chi connectivity index (χ0n) is 16.8. The van der Waals surface area contributed by atoms with Crippen molar-refractivity contribution in [2.45, 2.75) is 65.5 Å². The van der Waals surface area contributed by atoms with Crippen molar-refractivity contribution in [2.75, 3.05) is 45.8 Å². The number of aliphatic imine (C=N–C) groups is 1. The lowest BCUT2D eigenvalue weighted by Crippen LogP contribution is -2.46. The van der Waals surface area contributed by atoms with Crippen LogP contribution in [0.15, 0.2) is 4.99 Å². The normalized spacial score (nSPS) is 25.4. The first-order valence-electron chi connectivity index (χ1n) is 10.1. The van der Waals surface area contributed by atoms with Gasteiger partial charge in [-0.05, 0) is 72.0 Å². The number of hydrogen-bond donors (Lipinski definition) is 2. The molecule has 2 aliphatic heterocycles. The van der Waals surface area contributed by atoms with Crippen LogP contribution in [0.5, 0.6) is 0 Å². The van der Waals surface area contributed by atoms with E-state index in [1.54, 1.807) is 0 Å². The van der Waals surface area contributed by atoms with Crippen molar-refractivity contribution >= 4 is 29.9 Å². The van der Waals surface area contributed by atoms with E-state index in [-0.39, 0.29) is 24.0 Å². The van der Waals surface area contributed by atoms with Crippen molar-refractivity contribution in [1.29, 1.82) is 0 Å². The summed E-state index contributed by atoms with van der Waals surface area (Å²) < 4.78 is 0. The highest BCUT2D eigenvalue weighted by Crippen LogP contribution is 2.18. The molecule has 2 aliphatic rings. The predicted molar refractivity (Wildman–Crippen MR) is 119 cm³/mol. The summed E-state index contributed by atoms with van der Waals surface area (Å²) >= 11 is 0. The molecule has 0 aliphatic carbocycles. The summed E-state index contributed by atoms with van der Waals surface area (Å²) in [5.41, 5.74) is 0. The number of rotatable bonds is 8. The first kappa shape index (κ1) is 23.0. The molecule has 0 amide bonds. The van der Waals surface area contributed by atoms with Gasteiger partial charge in [0.1, 0.15) is 0 Å². The minimum absolute atomic E-state index is 0. The van der Waals surface area contributed by atoms with E-state index in [4.69, 9.17) is 4.99 Å². The molecule has 0 bridgehead atoms. The van der Waals surface area contributed by atoms with Gasteiger partial charge in [-0.15, -0.1) is 24.0 Å². The fourth-order valence-corrected chi connectivity index (χ4v) is 3.75. The van der Waals surface area contributed by atoms with Crippen LogP contribution >= 0.6 is 24.0 Å². The minimum Gasteiger partial charge on any atom is -0.357 e. The summed E-state index contributed by atoms with van der Waals surface area (Å²) in [6.45, 7) is 17.1. The largest absolute Gasteiger partial charge is 0.357 e. The Labute approximate surface area is 172 Å². The van der Waals surface area contributed by atoms with Gasteiger partial charge in [0, 0.05) is 38.3 Å².